The van der Waals surface area contributed by atoms with Crippen molar-refractivity contribution in [3.63, 3.8) is 0 Å². The minimum atomic E-state index is -1.15. The fourth-order valence-corrected chi connectivity index (χ4v) is 5.53. The van der Waals surface area contributed by atoms with Crippen molar-refractivity contribution >= 4 is 16.7 Å². The van der Waals surface area contributed by atoms with Crippen LogP contribution in [0.4, 0.5) is 4.39 Å². The van der Waals surface area contributed by atoms with Gasteiger partial charge in [-0.05, 0) is 39.0 Å². The van der Waals surface area contributed by atoms with Gasteiger partial charge in [-0.2, -0.15) is 5.01 Å². The summed E-state index contributed by atoms with van der Waals surface area (Å²) in [5.41, 5.74) is -1.38. The van der Waals surface area contributed by atoms with E-state index >= 15 is 0 Å². The zero-order valence-electron chi connectivity index (χ0n) is 16.4. The first-order chi connectivity index (χ1) is 13.3. The van der Waals surface area contributed by atoms with Crippen molar-refractivity contribution in [1.82, 2.24) is 26.0 Å². The van der Waals surface area contributed by atoms with Crippen molar-refractivity contribution in [3.8, 4) is 0 Å². The number of halogens is 1. The molecular formula is C18H30FN5O3S. The number of fused-ring (bicyclic) bond motifs is 6. The zero-order valence-corrected chi connectivity index (χ0v) is 17.2. The Morgan fingerprint density at radius 2 is 2.14 bits per heavy atom. The SMILES string of the molecule is CS(=O)C1NCC2C(=O)N3CC(F)=CCCC(C)(O)C4CCCC(N4)N3C2N1. The molecule has 3 saturated heterocycles. The molecule has 7 atom stereocenters. The number of hydrogen-bond donors (Lipinski definition) is 4. The van der Waals surface area contributed by atoms with Crippen molar-refractivity contribution < 1.29 is 18.5 Å². The summed E-state index contributed by atoms with van der Waals surface area (Å²) in [6.07, 6.45) is 5.95. The molecule has 0 aromatic carbocycles. The molecule has 0 aromatic rings. The third-order valence-electron chi connectivity index (χ3n) is 6.44. The first-order valence-corrected chi connectivity index (χ1v) is 11.6. The molecule has 4 rings (SSSR count). The number of amides is 1. The van der Waals surface area contributed by atoms with E-state index < -0.39 is 21.9 Å². The van der Waals surface area contributed by atoms with Gasteiger partial charge in [0, 0.05) is 18.8 Å². The third kappa shape index (κ3) is 3.66. The van der Waals surface area contributed by atoms with Gasteiger partial charge in [0.2, 0.25) is 5.91 Å². The molecule has 4 heterocycles. The number of carbonyl (C=O) groups is 1. The van der Waals surface area contributed by atoms with E-state index in [9.17, 15) is 18.5 Å². The average Bonchev–Trinajstić information content (AvgIpc) is 2.92. The second-order valence-corrected chi connectivity index (χ2v) is 9.96. The largest absolute Gasteiger partial charge is 0.389 e. The molecule has 0 aliphatic carbocycles. The standard InChI is InChI=1S/C18H30FN5O3S/c1-18(26)8-4-5-11(19)10-23-16(25)12-9-20-17(28(2)27)22-15(12)24(23)14-7-3-6-13(18)21-14/h5,12-15,17,20-22,26H,3-4,6-10H2,1-2H3. The van der Waals surface area contributed by atoms with Crippen LogP contribution in [0.2, 0.25) is 0 Å². The van der Waals surface area contributed by atoms with Crippen molar-refractivity contribution in [1.29, 1.82) is 0 Å². The first kappa shape index (κ1) is 20.4. The number of carbonyl (C=O) groups excluding carboxylic acids is 1. The molecule has 0 aromatic heterocycles. The van der Waals surface area contributed by atoms with Crippen LogP contribution in [0.1, 0.15) is 39.0 Å². The van der Waals surface area contributed by atoms with Gasteiger partial charge in [-0.3, -0.25) is 30.0 Å². The molecule has 8 nitrogen and oxygen atoms in total. The van der Waals surface area contributed by atoms with E-state index in [1.807, 2.05) is 5.01 Å². The lowest BCUT2D eigenvalue weighted by Gasteiger charge is -2.47. The number of rotatable bonds is 1. The number of hydrogen-bond acceptors (Lipinski definition) is 7. The smallest absolute Gasteiger partial charge is 0.244 e. The maximum Gasteiger partial charge on any atom is 0.244 e. The topological polar surface area (TPSA) is 96.9 Å². The van der Waals surface area contributed by atoms with Crippen LogP contribution in [0.5, 0.6) is 0 Å². The van der Waals surface area contributed by atoms with Crippen LogP contribution in [-0.4, -0.2) is 74.1 Å². The molecule has 1 amide bonds. The number of allylic oxidation sites excluding steroid dienone is 1. The Morgan fingerprint density at radius 1 is 1.36 bits per heavy atom. The fourth-order valence-electron chi connectivity index (χ4n) is 4.87. The third-order valence-corrected chi connectivity index (χ3v) is 7.41. The second-order valence-electron chi connectivity index (χ2n) is 8.49. The van der Waals surface area contributed by atoms with Gasteiger partial charge in [-0.25, -0.2) is 4.39 Å². The van der Waals surface area contributed by atoms with Crippen molar-refractivity contribution in [3.05, 3.63) is 11.9 Å². The first-order valence-electron chi connectivity index (χ1n) is 10.0. The van der Waals surface area contributed by atoms with E-state index in [2.05, 4.69) is 16.0 Å². The van der Waals surface area contributed by atoms with Crippen LogP contribution >= 0.6 is 0 Å². The average molecular weight is 416 g/mol. The van der Waals surface area contributed by atoms with E-state index in [0.717, 1.165) is 19.3 Å². The van der Waals surface area contributed by atoms with E-state index in [4.69, 9.17) is 0 Å². The van der Waals surface area contributed by atoms with Crippen LogP contribution in [0.15, 0.2) is 11.9 Å². The lowest BCUT2D eigenvalue weighted by atomic mass is 9.85. The molecule has 7 unspecified atom stereocenters. The summed E-state index contributed by atoms with van der Waals surface area (Å²) in [4.78, 5) is 13.1. The van der Waals surface area contributed by atoms with Crippen LogP contribution < -0.4 is 16.0 Å². The molecule has 4 aliphatic rings. The second kappa shape index (κ2) is 7.73. The molecule has 28 heavy (non-hydrogen) atoms. The Balaban J connectivity index is 1.69. The van der Waals surface area contributed by atoms with Gasteiger partial charge in [0.1, 0.15) is 11.3 Å². The fraction of sp³-hybridized carbons (Fsp3) is 0.833. The maximum absolute atomic E-state index is 14.6. The monoisotopic (exact) mass is 415 g/mol. The lowest BCUT2D eigenvalue weighted by Crippen LogP contribution is -2.68. The van der Waals surface area contributed by atoms with E-state index in [0.29, 0.717) is 19.4 Å². The Labute approximate surface area is 167 Å². The molecule has 0 spiro atoms. The molecule has 10 heteroatoms. The lowest BCUT2D eigenvalue weighted by molar-refractivity contribution is -0.147. The minimum Gasteiger partial charge on any atom is -0.389 e. The van der Waals surface area contributed by atoms with Gasteiger partial charge < -0.3 is 5.11 Å². The summed E-state index contributed by atoms with van der Waals surface area (Å²) < 4.78 is 26.6. The highest BCUT2D eigenvalue weighted by molar-refractivity contribution is 7.84. The molecule has 0 radical (unpaired) electrons. The van der Waals surface area contributed by atoms with Crippen LogP contribution in [0.25, 0.3) is 0 Å². The summed E-state index contributed by atoms with van der Waals surface area (Å²) in [6, 6.07) is -0.130. The predicted octanol–water partition coefficient (Wildman–Crippen LogP) is -0.291. The van der Waals surface area contributed by atoms with Crippen molar-refractivity contribution in [2.45, 2.75) is 68.5 Å². The van der Waals surface area contributed by atoms with Gasteiger partial charge in [-0.1, -0.05) is 6.08 Å². The number of nitrogens with one attached hydrogen (secondary N) is 3. The number of piperidine rings is 1. The van der Waals surface area contributed by atoms with Gasteiger partial charge in [0.15, 0.2) is 0 Å². The highest BCUT2D eigenvalue weighted by Gasteiger charge is 2.53. The Morgan fingerprint density at radius 3 is 2.89 bits per heavy atom. The number of nitrogens with zero attached hydrogens (tertiary/aromatic N) is 2. The summed E-state index contributed by atoms with van der Waals surface area (Å²) in [7, 11) is -1.15. The van der Waals surface area contributed by atoms with Crippen molar-refractivity contribution in [2.75, 3.05) is 19.3 Å². The predicted molar refractivity (Wildman–Crippen MR) is 103 cm³/mol. The summed E-state index contributed by atoms with van der Waals surface area (Å²) in [5.74, 6) is -0.880. The molecule has 0 saturated carbocycles. The number of aliphatic hydroxyl groups is 1. The van der Waals surface area contributed by atoms with E-state index in [1.165, 1.54) is 11.1 Å². The molecule has 4 aliphatic heterocycles. The molecule has 4 N–H and O–H groups in total. The van der Waals surface area contributed by atoms with Crippen molar-refractivity contribution in [2.24, 2.45) is 5.92 Å². The zero-order chi connectivity index (χ0) is 20.1. The molecule has 158 valence electrons. The minimum absolute atomic E-state index is 0.113. The van der Waals surface area contributed by atoms with E-state index in [-0.39, 0.29) is 42.6 Å². The molecular weight excluding hydrogens is 385 g/mol. The highest BCUT2D eigenvalue weighted by Crippen LogP contribution is 2.34. The van der Waals surface area contributed by atoms with Gasteiger partial charge in [-0.15, -0.1) is 0 Å². The Bertz CT molecular complexity index is 690. The molecule has 3 fully saturated rings. The quantitative estimate of drug-likeness (QED) is 0.467. The Kier molecular flexibility index (Phi) is 5.62. The van der Waals surface area contributed by atoms with Gasteiger partial charge in [0.05, 0.1) is 41.2 Å². The van der Waals surface area contributed by atoms with Crippen LogP contribution in [0.3, 0.4) is 0 Å². The molecule has 2 bridgehead atoms. The summed E-state index contributed by atoms with van der Waals surface area (Å²) in [5, 5.41) is 24.3. The highest BCUT2D eigenvalue weighted by atomic mass is 32.2. The van der Waals surface area contributed by atoms with Gasteiger partial charge >= 0.3 is 0 Å². The Hall–Kier alpha value is -0.910. The summed E-state index contributed by atoms with van der Waals surface area (Å²) in [6.45, 7) is 2.08. The van der Waals surface area contributed by atoms with Crippen LogP contribution in [0, 0.1) is 5.92 Å². The van der Waals surface area contributed by atoms with E-state index in [1.54, 1.807) is 13.2 Å². The van der Waals surface area contributed by atoms with Crippen LogP contribution in [-0.2, 0) is 15.6 Å². The van der Waals surface area contributed by atoms with Gasteiger partial charge in [0.25, 0.3) is 0 Å². The maximum atomic E-state index is 14.6. The normalized spacial score (nSPS) is 43.6. The summed E-state index contributed by atoms with van der Waals surface area (Å²) >= 11 is 0. The number of hydrazine groups is 1.